The zero-order valence-electron chi connectivity index (χ0n) is 12.5. The number of nitrogens with zero attached hydrogens (tertiary/aromatic N) is 2. The SMILES string of the molecule is CCOC(=O)c1cn(C2CC2)c(=O)n(-c2ccc(F)cc2)c1=O. The van der Waals surface area contributed by atoms with Gasteiger partial charge in [0, 0.05) is 12.2 Å². The second-order valence-corrected chi connectivity index (χ2v) is 5.30. The lowest BCUT2D eigenvalue weighted by atomic mass is 10.2. The molecule has 7 heteroatoms. The summed E-state index contributed by atoms with van der Waals surface area (Å²) in [6.07, 6.45) is 2.88. The standard InChI is InChI=1S/C16H15FN2O4/c1-2-23-15(21)13-9-18(11-7-8-11)16(22)19(14(13)20)12-5-3-10(17)4-6-12/h3-6,9,11H,2,7-8H2,1H3. The van der Waals surface area contributed by atoms with Crippen LogP contribution in [0.2, 0.25) is 0 Å². The van der Waals surface area contributed by atoms with Gasteiger partial charge in [0.05, 0.1) is 12.3 Å². The van der Waals surface area contributed by atoms with Crippen LogP contribution in [0.3, 0.4) is 0 Å². The van der Waals surface area contributed by atoms with E-state index in [0.717, 1.165) is 29.5 Å². The Bertz CT molecular complexity index is 863. The van der Waals surface area contributed by atoms with Gasteiger partial charge in [0.2, 0.25) is 0 Å². The summed E-state index contributed by atoms with van der Waals surface area (Å²) in [6.45, 7) is 1.75. The number of rotatable bonds is 4. The van der Waals surface area contributed by atoms with Crippen molar-refractivity contribution in [3.8, 4) is 5.69 Å². The molecule has 2 aromatic rings. The predicted molar refractivity (Wildman–Crippen MR) is 80.5 cm³/mol. The van der Waals surface area contributed by atoms with E-state index in [-0.39, 0.29) is 23.9 Å². The fraction of sp³-hybridized carbons (Fsp3) is 0.312. The summed E-state index contributed by atoms with van der Waals surface area (Å²) in [7, 11) is 0. The number of halogens is 1. The third-order valence-electron chi connectivity index (χ3n) is 3.63. The lowest BCUT2D eigenvalue weighted by Gasteiger charge is -2.12. The van der Waals surface area contributed by atoms with Gasteiger partial charge in [0.1, 0.15) is 11.4 Å². The number of hydrogen-bond donors (Lipinski definition) is 0. The van der Waals surface area contributed by atoms with Crippen molar-refractivity contribution in [3.05, 3.63) is 62.7 Å². The van der Waals surface area contributed by atoms with Crippen LogP contribution in [0.15, 0.2) is 40.1 Å². The van der Waals surface area contributed by atoms with Crippen molar-refractivity contribution in [2.45, 2.75) is 25.8 Å². The Morgan fingerprint density at radius 3 is 2.48 bits per heavy atom. The molecule has 0 amide bonds. The van der Waals surface area contributed by atoms with Gasteiger partial charge in [-0.2, -0.15) is 0 Å². The normalized spacial score (nSPS) is 13.8. The summed E-state index contributed by atoms with van der Waals surface area (Å²) in [5.74, 6) is -1.26. The summed E-state index contributed by atoms with van der Waals surface area (Å²) in [4.78, 5) is 37.1. The van der Waals surface area contributed by atoms with E-state index in [2.05, 4.69) is 0 Å². The summed E-state index contributed by atoms with van der Waals surface area (Å²) < 4.78 is 20.2. The quantitative estimate of drug-likeness (QED) is 0.804. The Kier molecular flexibility index (Phi) is 3.85. The molecule has 0 aliphatic heterocycles. The number of hydrogen-bond acceptors (Lipinski definition) is 4. The molecule has 0 atom stereocenters. The van der Waals surface area contributed by atoms with Crippen LogP contribution in [-0.4, -0.2) is 21.7 Å². The number of ether oxygens (including phenoxy) is 1. The topological polar surface area (TPSA) is 70.3 Å². The summed E-state index contributed by atoms with van der Waals surface area (Å²) >= 11 is 0. The van der Waals surface area contributed by atoms with E-state index in [1.807, 2.05) is 0 Å². The van der Waals surface area contributed by atoms with Crippen LogP contribution >= 0.6 is 0 Å². The van der Waals surface area contributed by atoms with E-state index in [1.165, 1.54) is 22.9 Å². The Balaban J connectivity index is 2.24. The maximum atomic E-state index is 13.1. The fourth-order valence-corrected chi connectivity index (χ4v) is 2.35. The van der Waals surface area contributed by atoms with Gasteiger partial charge >= 0.3 is 11.7 Å². The number of aromatic nitrogens is 2. The fourth-order valence-electron chi connectivity index (χ4n) is 2.35. The molecule has 3 rings (SSSR count). The van der Waals surface area contributed by atoms with Crippen LogP contribution in [0.1, 0.15) is 36.2 Å². The van der Waals surface area contributed by atoms with Crippen LogP contribution in [0.4, 0.5) is 4.39 Å². The minimum absolute atomic E-state index is 0.0250. The van der Waals surface area contributed by atoms with Crippen LogP contribution in [0.25, 0.3) is 5.69 Å². The van der Waals surface area contributed by atoms with Gasteiger partial charge in [0.15, 0.2) is 0 Å². The molecule has 6 nitrogen and oxygen atoms in total. The molecule has 0 saturated heterocycles. The van der Waals surface area contributed by atoms with Gasteiger partial charge in [-0.25, -0.2) is 18.5 Å². The molecule has 23 heavy (non-hydrogen) atoms. The Morgan fingerprint density at radius 2 is 1.91 bits per heavy atom. The molecule has 0 spiro atoms. The molecule has 1 aromatic carbocycles. The highest BCUT2D eigenvalue weighted by molar-refractivity contribution is 5.88. The Labute approximate surface area is 130 Å². The molecule has 1 saturated carbocycles. The molecule has 0 unspecified atom stereocenters. The predicted octanol–water partition coefficient (Wildman–Crippen LogP) is 1.65. The number of benzene rings is 1. The third-order valence-corrected chi connectivity index (χ3v) is 3.63. The van der Waals surface area contributed by atoms with E-state index in [0.29, 0.717) is 0 Å². The molecule has 0 radical (unpaired) electrons. The molecule has 1 aliphatic rings. The van der Waals surface area contributed by atoms with Crippen LogP contribution in [0, 0.1) is 5.82 Å². The van der Waals surface area contributed by atoms with Crippen molar-refractivity contribution < 1.29 is 13.9 Å². The number of carbonyl (C=O) groups is 1. The monoisotopic (exact) mass is 318 g/mol. The summed E-state index contributed by atoms with van der Waals surface area (Å²) in [6, 6.07) is 4.93. The number of esters is 1. The van der Waals surface area contributed by atoms with E-state index in [4.69, 9.17) is 4.74 Å². The second kappa shape index (κ2) is 5.83. The molecule has 1 aromatic heterocycles. The highest BCUT2D eigenvalue weighted by Gasteiger charge is 2.28. The van der Waals surface area contributed by atoms with Gasteiger partial charge in [-0.3, -0.25) is 9.36 Å². The van der Waals surface area contributed by atoms with Gasteiger partial charge in [0.25, 0.3) is 5.56 Å². The number of carbonyl (C=O) groups excluding carboxylic acids is 1. The van der Waals surface area contributed by atoms with Crippen LogP contribution < -0.4 is 11.2 Å². The lowest BCUT2D eigenvalue weighted by Crippen LogP contribution is -2.41. The van der Waals surface area contributed by atoms with E-state index in [9.17, 15) is 18.8 Å². The van der Waals surface area contributed by atoms with Crippen molar-refractivity contribution in [1.29, 1.82) is 0 Å². The highest BCUT2D eigenvalue weighted by Crippen LogP contribution is 2.33. The molecule has 120 valence electrons. The van der Waals surface area contributed by atoms with Crippen molar-refractivity contribution in [2.75, 3.05) is 6.61 Å². The maximum Gasteiger partial charge on any atom is 0.345 e. The molecule has 0 bridgehead atoms. The van der Waals surface area contributed by atoms with Gasteiger partial charge < -0.3 is 4.74 Å². The van der Waals surface area contributed by atoms with Crippen molar-refractivity contribution >= 4 is 5.97 Å². The van der Waals surface area contributed by atoms with Crippen LogP contribution in [0.5, 0.6) is 0 Å². The summed E-state index contributed by atoms with van der Waals surface area (Å²) in [5.41, 5.74) is -1.31. The minimum atomic E-state index is -0.775. The Morgan fingerprint density at radius 1 is 1.26 bits per heavy atom. The second-order valence-electron chi connectivity index (χ2n) is 5.30. The molecule has 0 N–H and O–H groups in total. The molecule has 1 aliphatic carbocycles. The lowest BCUT2D eigenvalue weighted by molar-refractivity contribution is 0.0522. The van der Waals surface area contributed by atoms with Crippen molar-refractivity contribution in [3.63, 3.8) is 0 Å². The average Bonchev–Trinajstić information content (AvgIpc) is 3.34. The van der Waals surface area contributed by atoms with Gasteiger partial charge in [-0.15, -0.1) is 0 Å². The first-order valence-corrected chi connectivity index (χ1v) is 7.34. The first kappa shape index (κ1) is 15.2. The molecular weight excluding hydrogens is 303 g/mol. The molecule has 1 fully saturated rings. The van der Waals surface area contributed by atoms with E-state index >= 15 is 0 Å². The first-order chi connectivity index (χ1) is 11.0. The van der Waals surface area contributed by atoms with Crippen LogP contribution in [-0.2, 0) is 4.74 Å². The minimum Gasteiger partial charge on any atom is -0.462 e. The van der Waals surface area contributed by atoms with E-state index < -0.39 is 23.0 Å². The molecule has 1 heterocycles. The third kappa shape index (κ3) is 2.81. The smallest absolute Gasteiger partial charge is 0.345 e. The molecular formula is C16H15FN2O4. The van der Waals surface area contributed by atoms with E-state index in [1.54, 1.807) is 6.92 Å². The largest absolute Gasteiger partial charge is 0.462 e. The first-order valence-electron chi connectivity index (χ1n) is 7.34. The van der Waals surface area contributed by atoms with Crippen molar-refractivity contribution in [2.24, 2.45) is 0 Å². The zero-order chi connectivity index (χ0) is 16.6. The van der Waals surface area contributed by atoms with Gasteiger partial charge in [-0.1, -0.05) is 0 Å². The van der Waals surface area contributed by atoms with Crippen molar-refractivity contribution in [1.82, 2.24) is 9.13 Å². The summed E-state index contributed by atoms with van der Waals surface area (Å²) in [5, 5.41) is 0. The average molecular weight is 318 g/mol. The Hall–Kier alpha value is -2.70. The van der Waals surface area contributed by atoms with Gasteiger partial charge in [-0.05, 0) is 44.0 Å². The highest BCUT2D eigenvalue weighted by atomic mass is 19.1. The maximum absolute atomic E-state index is 13.1. The zero-order valence-corrected chi connectivity index (χ0v) is 12.5.